The van der Waals surface area contributed by atoms with Crippen LogP contribution in [0.1, 0.15) is 17.2 Å². The number of aliphatic hydroxyl groups is 1. The fourth-order valence-corrected chi connectivity index (χ4v) is 5.31. The fourth-order valence-electron chi connectivity index (χ4n) is 4.04. The molecule has 1 aliphatic rings. The molecule has 170 valence electrons. The van der Waals surface area contributed by atoms with Gasteiger partial charge in [0.1, 0.15) is 5.76 Å². The molecule has 0 radical (unpaired) electrons. The third kappa shape index (κ3) is 3.73. The summed E-state index contributed by atoms with van der Waals surface area (Å²) in [5.74, 6) is -1.70. The Morgan fingerprint density at radius 1 is 1.03 bits per heavy atom. The van der Waals surface area contributed by atoms with Crippen molar-refractivity contribution in [1.82, 2.24) is 4.98 Å². The molecule has 1 fully saturated rings. The summed E-state index contributed by atoms with van der Waals surface area (Å²) in [5.41, 5.74) is 2.84. The van der Waals surface area contributed by atoms with E-state index in [1.807, 2.05) is 49.3 Å². The van der Waals surface area contributed by atoms with Crippen LogP contribution in [0.5, 0.6) is 0 Å². The van der Waals surface area contributed by atoms with Gasteiger partial charge in [-0.05, 0) is 35.9 Å². The van der Waals surface area contributed by atoms with Crippen molar-refractivity contribution in [2.75, 3.05) is 23.9 Å². The molecular formula is C26H20ClN3O3S. The number of anilines is 2. The summed E-state index contributed by atoms with van der Waals surface area (Å²) in [4.78, 5) is 34.5. The predicted octanol–water partition coefficient (Wildman–Crippen LogP) is 5.64. The molecule has 1 amide bonds. The second-order valence-corrected chi connectivity index (χ2v) is 9.58. The average Bonchev–Trinajstić information content (AvgIpc) is 3.37. The number of rotatable bonds is 4. The summed E-state index contributed by atoms with van der Waals surface area (Å²) in [5, 5.41) is 12.1. The summed E-state index contributed by atoms with van der Waals surface area (Å²) < 4.78 is 0.800. The molecule has 0 aliphatic carbocycles. The molecule has 0 spiro atoms. The molecular weight excluding hydrogens is 470 g/mol. The fraction of sp³-hybridized carbons (Fsp3) is 0.115. The number of nitrogens with zero attached hydrogens (tertiary/aromatic N) is 3. The van der Waals surface area contributed by atoms with E-state index in [-0.39, 0.29) is 11.3 Å². The Hall–Kier alpha value is -3.68. The predicted molar refractivity (Wildman–Crippen MR) is 137 cm³/mol. The topological polar surface area (TPSA) is 73.7 Å². The van der Waals surface area contributed by atoms with Crippen LogP contribution in [0, 0.1) is 0 Å². The van der Waals surface area contributed by atoms with Gasteiger partial charge >= 0.3 is 5.91 Å². The highest BCUT2D eigenvalue weighted by Gasteiger charge is 2.48. The Kier molecular flexibility index (Phi) is 5.59. The molecule has 0 saturated carbocycles. The monoisotopic (exact) mass is 489 g/mol. The lowest BCUT2D eigenvalue weighted by atomic mass is 9.95. The Morgan fingerprint density at radius 3 is 2.41 bits per heavy atom. The van der Waals surface area contributed by atoms with Gasteiger partial charge in [0.2, 0.25) is 0 Å². The molecule has 4 aromatic rings. The molecule has 1 unspecified atom stereocenters. The second kappa shape index (κ2) is 8.59. The Morgan fingerprint density at radius 2 is 1.74 bits per heavy atom. The highest BCUT2D eigenvalue weighted by atomic mass is 35.5. The highest BCUT2D eigenvalue weighted by molar-refractivity contribution is 7.22. The van der Waals surface area contributed by atoms with Crippen LogP contribution in [-0.2, 0) is 9.59 Å². The van der Waals surface area contributed by atoms with Crippen molar-refractivity contribution in [3.63, 3.8) is 0 Å². The zero-order valence-corrected chi connectivity index (χ0v) is 20.0. The molecule has 1 aliphatic heterocycles. The molecule has 1 N–H and O–H groups in total. The van der Waals surface area contributed by atoms with E-state index in [1.165, 1.54) is 16.2 Å². The molecule has 8 heteroatoms. The van der Waals surface area contributed by atoms with Crippen LogP contribution in [0.4, 0.5) is 10.8 Å². The molecule has 0 bridgehead atoms. The quantitative estimate of drug-likeness (QED) is 0.228. The van der Waals surface area contributed by atoms with E-state index < -0.39 is 17.7 Å². The van der Waals surface area contributed by atoms with Gasteiger partial charge in [-0.1, -0.05) is 65.4 Å². The molecule has 6 nitrogen and oxygen atoms in total. The van der Waals surface area contributed by atoms with Crippen LogP contribution in [-0.4, -0.2) is 35.9 Å². The van der Waals surface area contributed by atoms with Crippen LogP contribution in [0.2, 0.25) is 5.02 Å². The first kappa shape index (κ1) is 22.1. The van der Waals surface area contributed by atoms with Gasteiger partial charge in [-0.3, -0.25) is 14.5 Å². The third-order valence-corrected chi connectivity index (χ3v) is 7.01. The van der Waals surface area contributed by atoms with E-state index in [0.29, 0.717) is 26.8 Å². The maximum atomic E-state index is 13.3. The van der Waals surface area contributed by atoms with Crippen LogP contribution in [0.3, 0.4) is 0 Å². The Labute approximate surface area is 205 Å². The van der Waals surface area contributed by atoms with Gasteiger partial charge in [0.25, 0.3) is 5.78 Å². The van der Waals surface area contributed by atoms with Gasteiger partial charge in [-0.15, -0.1) is 0 Å². The third-order valence-electron chi connectivity index (χ3n) is 5.76. The van der Waals surface area contributed by atoms with Crippen molar-refractivity contribution >= 4 is 61.4 Å². The van der Waals surface area contributed by atoms with E-state index in [9.17, 15) is 14.7 Å². The average molecular weight is 490 g/mol. The van der Waals surface area contributed by atoms with Crippen molar-refractivity contribution in [2.24, 2.45) is 0 Å². The summed E-state index contributed by atoms with van der Waals surface area (Å²) in [6.45, 7) is 0. The van der Waals surface area contributed by atoms with E-state index >= 15 is 0 Å². The summed E-state index contributed by atoms with van der Waals surface area (Å²) >= 11 is 7.41. The maximum absolute atomic E-state index is 13.3. The molecule has 3 aromatic carbocycles. The first-order chi connectivity index (χ1) is 16.3. The number of amides is 1. The lowest BCUT2D eigenvalue weighted by Crippen LogP contribution is -2.29. The van der Waals surface area contributed by atoms with Crippen LogP contribution < -0.4 is 9.80 Å². The number of halogens is 1. The van der Waals surface area contributed by atoms with Gasteiger partial charge in [0, 0.05) is 30.4 Å². The zero-order valence-electron chi connectivity index (χ0n) is 18.4. The molecule has 34 heavy (non-hydrogen) atoms. The standard InChI is InChI=1S/C26H20ClN3O3S/c1-29(2)18-11-8-15(9-12-18)22-21(23(31)16-6-4-3-5-7-16)24(32)25(33)30(22)26-28-19-13-10-17(27)14-20(19)34-26/h3-14,22,31H,1-2H3. The minimum Gasteiger partial charge on any atom is -0.507 e. The largest absolute Gasteiger partial charge is 0.507 e. The number of hydrogen-bond donors (Lipinski definition) is 1. The number of aliphatic hydroxyl groups excluding tert-OH is 1. The van der Waals surface area contributed by atoms with Gasteiger partial charge in [-0.2, -0.15) is 0 Å². The normalized spacial score (nSPS) is 17.5. The Bertz CT molecular complexity index is 1450. The van der Waals surface area contributed by atoms with E-state index in [4.69, 9.17) is 11.6 Å². The first-order valence-corrected chi connectivity index (χ1v) is 11.7. The first-order valence-electron chi connectivity index (χ1n) is 10.5. The minimum absolute atomic E-state index is 0.0334. The summed E-state index contributed by atoms with van der Waals surface area (Å²) in [6, 6.07) is 20.8. The van der Waals surface area contributed by atoms with Crippen molar-refractivity contribution < 1.29 is 14.7 Å². The van der Waals surface area contributed by atoms with Gasteiger partial charge in [-0.25, -0.2) is 4.98 Å². The molecule has 1 aromatic heterocycles. The van der Waals surface area contributed by atoms with Crippen LogP contribution in [0.15, 0.2) is 78.4 Å². The van der Waals surface area contributed by atoms with Gasteiger partial charge in [0.15, 0.2) is 5.13 Å². The number of Topliss-reactive ketones (excluding diaryl/α,β-unsaturated/α-hetero) is 1. The number of fused-ring (bicyclic) bond motifs is 1. The number of benzene rings is 3. The molecule has 1 saturated heterocycles. The van der Waals surface area contributed by atoms with Crippen molar-refractivity contribution in [2.45, 2.75) is 6.04 Å². The zero-order chi connectivity index (χ0) is 24.0. The van der Waals surface area contributed by atoms with E-state index in [1.54, 1.807) is 42.5 Å². The SMILES string of the molecule is CN(C)c1ccc(C2C(=C(O)c3ccccc3)C(=O)C(=O)N2c2nc3ccc(Cl)cc3s2)cc1. The number of carbonyl (C=O) groups is 2. The van der Waals surface area contributed by atoms with Gasteiger partial charge < -0.3 is 10.0 Å². The van der Waals surface area contributed by atoms with Gasteiger partial charge in [0.05, 0.1) is 21.8 Å². The van der Waals surface area contributed by atoms with Crippen molar-refractivity contribution in [3.05, 3.63) is 94.5 Å². The number of thiazole rings is 1. The van der Waals surface area contributed by atoms with Crippen molar-refractivity contribution in [3.8, 4) is 0 Å². The lowest BCUT2D eigenvalue weighted by Gasteiger charge is -2.23. The van der Waals surface area contributed by atoms with Crippen molar-refractivity contribution in [1.29, 1.82) is 0 Å². The number of hydrogen-bond acceptors (Lipinski definition) is 6. The summed E-state index contributed by atoms with van der Waals surface area (Å²) in [6.07, 6.45) is 0. The lowest BCUT2D eigenvalue weighted by molar-refractivity contribution is -0.132. The maximum Gasteiger partial charge on any atom is 0.301 e. The smallest absolute Gasteiger partial charge is 0.301 e. The number of aromatic nitrogens is 1. The second-order valence-electron chi connectivity index (χ2n) is 8.13. The minimum atomic E-state index is -0.826. The number of ketones is 1. The highest BCUT2D eigenvalue weighted by Crippen LogP contribution is 2.44. The van der Waals surface area contributed by atoms with Crippen LogP contribution in [0.25, 0.3) is 16.0 Å². The Balaban J connectivity index is 1.72. The van der Waals surface area contributed by atoms with E-state index in [2.05, 4.69) is 4.98 Å². The molecule has 2 heterocycles. The van der Waals surface area contributed by atoms with E-state index in [0.717, 1.165) is 10.4 Å². The number of carbonyl (C=O) groups excluding carboxylic acids is 2. The summed E-state index contributed by atoms with van der Waals surface area (Å²) in [7, 11) is 3.87. The van der Waals surface area contributed by atoms with Crippen LogP contribution >= 0.6 is 22.9 Å². The molecule has 5 rings (SSSR count). The molecule has 1 atom stereocenters.